The Bertz CT molecular complexity index is 346. The van der Waals surface area contributed by atoms with Crippen LogP contribution < -0.4 is 10.1 Å². The van der Waals surface area contributed by atoms with Crippen molar-refractivity contribution in [3.8, 4) is 5.75 Å². The topological polar surface area (TPSA) is 21.3 Å². The minimum atomic E-state index is -2.97. The quantitative estimate of drug-likeness (QED) is 0.918. The maximum Gasteiger partial charge on any atom is 0.387 e. The molecule has 0 aliphatic heterocycles. The second-order valence-electron chi connectivity index (χ2n) is 2.80. The Morgan fingerprint density at radius 2 is 2.13 bits per heavy atom. The smallest absolute Gasteiger partial charge is 0.387 e. The van der Waals surface area contributed by atoms with Crippen molar-refractivity contribution >= 4 is 15.9 Å². The molecule has 0 aromatic heterocycles. The first-order valence-corrected chi connectivity index (χ1v) is 4.91. The van der Waals surface area contributed by atoms with Crippen molar-refractivity contribution in [2.75, 3.05) is 7.05 Å². The standard InChI is InChI=1S/C9H9BrF3NO/c1-14-4-5-2-6(11)8(10)7(3-5)15-9(12)13/h2-3,9,14H,4H2,1H3. The lowest BCUT2D eigenvalue weighted by molar-refractivity contribution is -0.0505. The lowest BCUT2D eigenvalue weighted by atomic mass is 10.2. The number of nitrogens with one attached hydrogen (secondary N) is 1. The highest BCUT2D eigenvalue weighted by Gasteiger charge is 2.13. The normalized spacial score (nSPS) is 10.8. The number of hydrogen-bond acceptors (Lipinski definition) is 2. The van der Waals surface area contributed by atoms with Gasteiger partial charge in [0, 0.05) is 6.54 Å². The molecule has 0 radical (unpaired) electrons. The van der Waals surface area contributed by atoms with Gasteiger partial charge in [-0.3, -0.25) is 0 Å². The third-order valence-electron chi connectivity index (χ3n) is 1.65. The van der Waals surface area contributed by atoms with E-state index in [0.717, 1.165) is 0 Å². The zero-order valence-electron chi connectivity index (χ0n) is 7.86. The fourth-order valence-corrected chi connectivity index (χ4v) is 1.43. The Morgan fingerprint density at radius 1 is 1.47 bits per heavy atom. The molecule has 0 spiro atoms. The van der Waals surface area contributed by atoms with Crippen LogP contribution in [0.5, 0.6) is 5.75 Å². The van der Waals surface area contributed by atoms with Crippen LogP contribution in [0.2, 0.25) is 0 Å². The summed E-state index contributed by atoms with van der Waals surface area (Å²) in [7, 11) is 1.67. The molecule has 0 heterocycles. The van der Waals surface area contributed by atoms with Gasteiger partial charge in [-0.1, -0.05) is 0 Å². The van der Waals surface area contributed by atoms with E-state index in [9.17, 15) is 13.2 Å². The number of benzene rings is 1. The van der Waals surface area contributed by atoms with E-state index in [-0.39, 0.29) is 10.2 Å². The molecule has 1 rings (SSSR count). The maximum atomic E-state index is 13.2. The van der Waals surface area contributed by atoms with Gasteiger partial charge in [-0.25, -0.2) is 4.39 Å². The first-order valence-electron chi connectivity index (χ1n) is 4.12. The Hall–Kier alpha value is -0.750. The Balaban J connectivity index is 3.01. The van der Waals surface area contributed by atoms with Crippen LogP contribution in [-0.2, 0) is 6.54 Å². The van der Waals surface area contributed by atoms with E-state index in [2.05, 4.69) is 26.0 Å². The second-order valence-corrected chi connectivity index (χ2v) is 3.59. The van der Waals surface area contributed by atoms with Gasteiger partial charge in [-0.2, -0.15) is 8.78 Å². The molecule has 1 aromatic rings. The SMILES string of the molecule is CNCc1cc(F)c(Br)c(OC(F)F)c1. The molecule has 0 saturated heterocycles. The van der Waals surface area contributed by atoms with Gasteiger partial charge < -0.3 is 10.1 Å². The van der Waals surface area contributed by atoms with E-state index in [1.165, 1.54) is 12.1 Å². The van der Waals surface area contributed by atoms with Gasteiger partial charge >= 0.3 is 6.61 Å². The highest BCUT2D eigenvalue weighted by molar-refractivity contribution is 9.10. The Labute approximate surface area is 93.6 Å². The van der Waals surface area contributed by atoms with Crippen molar-refractivity contribution in [3.05, 3.63) is 28.0 Å². The Morgan fingerprint density at radius 3 is 2.67 bits per heavy atom. The number of alkyl halides is 2. The largest absolute Gasteiger partial charge is 0.434 e. The number of halogens is 4. The maximum absolute atomic E-state index is 13.2. The van der Waals surface area contributed by atoms with Crippen LogP contribution >= 0.6 is 15.9 Å². The number of ether oxygens (including phenoxy) is 1. The molecule has 84 valence electrons. The predicted octanol–water partition coefficient (Wildman–Crippen LogP) is 2.91. The molecule has 0 saturated carbocycles. The van der Waals surface area contributed by atoms with Gasteiger partial charge in [0.25, 0.3) is 0 Å². The third-order valence-corrected chi connectivity index (χ3v) is 2.42. The summed E-state index contributed by atoms with van der Waals surface area (Å²) in [5, 5.41) is 2.79. The van der Waals surface area contributed by atoms with E-state index in [4.69, 9.17) is 0 Å². The fraction of sp³-hybridized carbons (Fsp3) is 0.333. The van der Waals surface area contributed by atoms with Gasteiger partial charge in [-0.05, 0) is 40.7 Å². The molecular weight excluding hydrogens is 275 g/mol. The first-order chi connectivity index (χ1) is 7.04. The summed E-state index contributed by atoms with van der Waals surface area (Å²) in [5.74, 6) is -0.825. The second kappa shape index (κ2) is 5.37. The van der Waals surface area contributed by atoms with Crippen molar-refractivity contribution in [2.45, 2.75) is 13.2 Å². The van der Waals surface area contributed by atoms with Gasteiger partial charge in [-0.15, -0.1) is 0 Å². The van der Waals surface area contributed by atoms with Crippen LogP contribution in [0.1, 0.15) is 5.56 Å². The molecular formula is C9H9BrF3NO. The van der Waals surface area contributed by atoms with Crippen LogP contribution in [0.15, 0.2) is 16.6 Å². The first kappa shape index (κ1) is 12.3. The zero-order valence-corrected chi connectivity index (χ0v) is 9.45. The van der Waals surface area contributed by atoms with Crippen molar-refractivity contribution in [3.63, 3.8) is 0 Å². The molecule has 0 unspecified atom stereocenters. The van der Waals surface area contributed by atoms with Crippen LogP contribution in [0, 0.1) is 5.82 Å². The molecule has 1 aromatic carbocycles. The van der Waals surface area contributed by atoms with Crippen LogP contribution in [0.4, 0.5) is 13.2 Å². The average Bonchev–Trinajstić information content (AvgIpc) is 2.13. The molecule has 6 heteroatoms. The van der Waals surface area contributed by atoms with Crippen molar-refractivity contribution in [1.82, 2.24) is 5.32 Å². The van der Waals surface area contributed by atoms with Crippen LogP contribution in [-0.4, -0.2) is 13.7 Å². The summed E-state index contributed by atoms with van der Waals surface area (Å²) in [4.78, 5) is 0. The zero-order chi connectivity index (χ0) is 11.4. The molecule has 0 amide bonds. The van der Waals surface area contributed by atoms with Crippen molar-refractivity contribution < 1.29 is 17.9 Å². The summed E-state index contributed by atoms with van der Waals surface area (Å²) < 4.78 is 41.2. The van der Waals surface area contributed by atoms with Crippen molar-refractivity contribution in [2.24, 2.45) is 0 Å². The molecule has 1 N–H and O–H groups in total. The minimum Gasteiger partial charge on any atom is -0.434 e. The number of rotatable bonds is 4. The van der Waals surface area contributed by atoms with Crippen molar-refractivity contribution in [1.29, 1.82) is 0 Å². The van der Waals surface area contributed by atoms with Gasteiger partial charge in [0.2, 0.25) is 0 Å². The summed E-state index contributed by atoms with van der Waals surface area (Å²) in [5.41, 5.74) is 0.536. The molecule has 0 fully saturated rings. The molecule has 0 aliphatic carbocycles. The minimum absolute atomic E-state index is 0.0948. The van der Waals surface area contributed by atoms with Gasteiger partial charge in [0.05, 0.1) is 4.47 Å². The summed E-state index contributed by atoms with van der Waals surface area (Å²) >= 11 is 2.84. The summed E-state index contributed by atoms with van der Waals surface area (Å²) in [6.07, 6.45) is 0. The molecule has 2 nitrogen and oxygen atoms in total. The monoisotopic (exact) mass is 283 g/mol. The predicted molar refractivity (Wildman–Crippen MR) is 53.5 cm³/mol. The molecule has 15 heavy (non-hydrogen) atoms. The van der Waals surface area contributed by atoms with Gasteiger partial charge in [0.15, 0.2) is 0 Å². The lowest BCUT2D eigenvalue weighted by Crippen LogP contribution is -2.08. The molecule has 0 atom stereocenters. The van der Waals surface area contributed by atoms with Crippen LogP contribution in [0.3, 0.4) is 0 Å². The van der Waals surface area contributed by atoms with E-state index in [0.29, 0.717) is 12.1 Å². The Kier molecular flexibility index (Phi) is 4.41. The van der Waals surface area contributed by atoms with E-state index < -0.39 is 12.4 Å². The summed E-state index contributed by atoms with van der Waals surface area (Å²) in [6, 6.07) is 2.61. The number of hydrogen-bond donors (Lipinski definition) is 1. The average molecular weight is 284 g/mol. The highest BCUT2D eigenvalue weighted by atomic mass is 79.9. The van der Waals surface area contributed by atoms with E-state index >= 15 is 0 Å². The fourth-order valence-electron chi connectivity index (χ4n) is 1.11. The van der Waals surface area contributed by atoms with Crippen LogP contribution in [0.25, 0.3) is 0 Å². The third kappa shape index (κ3) is 3.39. The highest BCUT2D eigenvalue weighted by Crippen LogP contribution is 2.30. The lowest BCUT2D eigenvalue weighted by Gasteiger charge is -2.09. The van der Waals surface area contributed by atoms with E-state index in [1.807, 2.05) is 0 Å². The molecule has 0 bridgehead atoms. The molecule has 0 aliphatic rings. The van der Waals surface area contributed by atoms with E-state index in [1.54, 1.807) is 7.05 Å². The summed E-state index contributed by atoms with van der Waals surface area (Å²) in [6.45, 7) is -2.59. The van der Waals surface area contributed by atoms with Gasteiger partial charge in [0.1, 0.15) is 11.6 Å².